The number of para-hydroxylation sites is 1. The number of hydrogen-bond acceptors (Lipinski definition) is 5. The van der Waals surface area contributed by atoms with Crippen LogP contribution in [0.25, 0.3) is 99.7 Å². The van der Waals surface area contributed by atoms with Crippen LogP contribution in [-0.4, -0.2) is 19.9 Å². The number of pyridine rings is 1. The average Bonchev–Trinajstić information content (AvgIpc) is 3.56. The van der Waals surface area contributed by atoms with Gasteiger partial charge in [-0.3, -0.25) is 4.98 Å². The lowest BCUT2D eigenvalue weighted by Gasteiger charge is -2.14. The maximum absolute atomic E-state index is 6.24. The number of hydrogen-bond donors (Lipinski definition) is 0. The molecule has 0 unspecified atom stereocenters. The Labute approximate surface area is 281 Å². The number of rotatable bonds is 4. The van der Waals surface area contributed by atoms with E-state index in [2.05, 4.69) is 78.9 Å². The van der Waals surface area contributed by atoms with Gasteiger partial charge in [0.05, 0.1) is 5.52 Å². The van der Waals surface area contributed by atoms with Crippen LogP contribution in [0.4, 0.5) is 0 Å². The molecule has 10 aromatic rings. The summed E-state index contributed by atoms with van der Waals surface area (Å²) >= 11 is 0. The van der Waals surface area contributed by atoms with E-state index < -0.39 is 0 Å². The van der Waals surface area contributed by atoms with Crippen LogP contribution in [0, 0.1) is 0 Å². The molecular formula is C44H26N4O. The highest BCUT2D eigenvalue weighted by molar-refractivity contribution is 6.19. The molecule has 3 heterocycles. The first-order valence-electron chi connectivity index (χ1n) is 16.3. The van der Waals surface area contributed by atoms with Crippen molar-refractivity contribution in [2.75, 3.05) is 0 Å². The molecule has 0 saturated heterocycles. The first-order chi connectivity index (χ1) is 24.3. The molecule has 0 bridgehead atoms. The Hall–Kier alpha value is -6.72. The number of benzene rings is 7. The molecular weight excluding hydrogens is 601 g/mol. The molecule has 5 nitrogen and oxygen atoms in total. The molecule has 228 valence electrons. The van der Waals surface area contributed by atoms with Crippen LogP contribution in [0.2, 0.25) is 0 Å². The molecule has 0 N–H and O–H groups in total. The fraction of sp³-hybridized carbons (Fsp3) is 0. The van der Waals surface area contributed by atoms with Crippen molar-refractivity contribution in [2.45, 2.75) is 0 Å². The van der Waals surface area contributed by atoms with Gasteiger partial charge < -0.3 is 4.42 Å². The standard InChI is InChI=1S/C44H26N4O/c1-2-10-30(11-3-1)42-46-43(48-44(47-42)35-16-8-18-38-40(35)34-15-6-7-17-37(34)49-38)33-14-5-4-13-32(33)31-24-20-27-19-21-28-22-23-29-12-9-25-45-41(29)39(28)36(27)26-31/h1-26H. The molecule has 0 aliphatic carbocycles. The van der Waals surface area contributed by atoms with Crippen molar-refractivity contribution >= 4 is 54.4 Å². The van der Waals surface area contributed by atoms with Crippen LogP contribution in [0.15, 0.2) is 162 Å². The molecule has 5 heteroatoms. The SMILES string of the molecule is c1ccc(-c2nc(-c3ccccc3-c3ccc4ccc5ccc6cccnc6c5c4c3)nc(-c3cccc4oc5ccccc5c34)n2)cc1. The number of nitrogens with zero attached hydrogens (tertiary/aromatic N) is 4. The van der Waals surface area contributed by atoms with Gasteiger partial charge in [0.2, 0.25) is 0 Å². The number of furan rings is 1. The van der Waals surface area contributed by atoms with E-state index in [9.17, 15) is 0 Å². The summed E-state index contributed by atoms with van der Waals surface area (Å²) in [7, 11) is 0. The molecule has 0 aliphatic heterocycles. The number of aromatic nitrogens is 4. The van der Waals surface area contributed by atoms with Crippen molar-refractivity contribution in [1.29, 1.82) is 0 Å². The third-order valence-corrected chi connectivity index (χ3v) is 9.36. The third-order valence-electron chi connectivity index (χ3n) is 9.36. The monoisotopic (exact) mass is 626 g/mol. The van der Waals surface area contributed by atoms with E-state index in [0.717, 1.165) is 71.4 Å². The summed E-state index contributed by atoms with van der Waals surface area (Å²) in [6.45, 7) is 0. The molecule has 0 saturated carbocycles. The van der Waals surface area contributed by atoms with Crippen LogP contribution in [-0.2, 0) is 0 Å². The van der Waals surface area contributed by atoms with Crippen LogP contribution >= 0.6 is 0 Å². The Kier molecular flexibility index (Phi) is 6.11. The lowest BCUT2D eigenvalue weighted by atomic mass is 9.93. The van der Waals surface area contributed by atoms with Crippen molar-refractivity contribution in [3.05, 3.63) is 158 Å². The smallest absolute Gasteiger partial charge is 0.164 e. The Balaban J connectivity index is 1.22. The maximum Gasteiger partial charge on any atom is 0.164 e. The van der Waals surface area contributed by atoms with Gasteiger partial charge in [0.25, 0.3) is 0 Å². The summed E-state index contributed by atoms with van der Waals surface area (Å²) in [5, 5.41) is 7.80. The summed E-state index contributed by atoms with van der Waals surface area (Å²) in [5.74, 6) is 1.81. The lowest BCUT2D eigenvalue weighted by molar-refractivity contribution is 0.669. The van der Waals surface area contributed by atoms with E-state index >= 15 is 0 Å². The van der Waals surface area contributed by atoms with Crippen molar-refractivity contribution in [2.24, 2.45) is 0 Å². The highest BCUT2D eigenvalue weighted by atomic mass is 16.3. The van der Waals surface area contributed by atoms with E-state index in [4.69, 9.17) is 24.4 Å². The van der Waals surface area contributed by atoms with Gasteiger partial charge in [-0.05, 0) is 51.6 Å². The summed E-state index contributed by atoms with van der Waals surface area (Å²) < 4.78 is 6.24. The first kappa shape index (κ1) is 27.4. The second kappa shape index (κ2) is 10.9. The van der Waals surface area contributed by atoms with E-state index in [-0.39, 0.29) is 0 Å². The van der Waals surface area contributed by atoms with Gasteiger partial charge in [-0.2, -0.15) is 0 Å². The molecule has 3 aromatic heterocycles. The summed E-state index contributed by atoms with van der Waals surface area (Å²) in [4.78, 5) is 20.2. The maximum atomic E-state index is 6.24. The van der Waals surface area contributed by atoms with E-state index in [0.29, 0.717) is 17.5 Å². The van der Waals surface area contributed by atoms with Gasteiger partial charge in [-0.15, -0.1) is 0 Å². The first-order valence-corrected chi connectivity index (χ1v) is 16.3. The Bertz CT molecular complexity index is 2890. The minimum absolute atomic E-state index is 0.595. The van der Waals surface area contributed by atoms with Crippen LogP contribution in [0.1, 0.15) is 0 Å². The average molecular weight is 627 g/mol. The van der Waals surface area contributed by atoms with E-state index in [1.807, 2.05) is 79.0 Å². The largest absolute Gasteiger partial charge is 0.456 e. The van der Waals surface area contributed by atoms with Gasteiger partial charge >= 0.3 is 0 Å². The Morgan fingerprint density at radius 1 is 0.388 bits per heavy atom. The second-order valence-corrected chi connectivity index (χ2v) is 12.2. The van der Waals surface area contributed by atoms with Crippen molar-refractivity contribution < 1.29 is 4.42 Å². The second-order valence-electron chi connectivity index (χ2n) is 12.2. The fourth-order valence-electron chi connectivity index (χ4n) is 7.07. The third kappa shape index (κ3) is 4.48. The van der Waals surface area contributed by atoms with Gasteiger partial charge in [-0.1, -0.05) is 127 Å². The van der Waals surface area contributed by atoms with Gasteiger partial charge in [0.15, 0.2) is 17.5 Å². The molecule has 0 atom stereocenters. The molecule has 0 radical (unpaired) electrons. The van der Waals surface area contributed by atoms with Crippen molar-refractivity contribution in [1.82, 2.24) is 19.9 Å². The van der Waals surface area contributed by atoms with Gasteiger partial charge in [-0.25, -0.2) is 15.0 Å². The normalized spacial score (nSPS) is 11.7. The van der Waals surface area contributed by atoms with Crippen LogP contribution < -0.4 is 0 Å². The zero-order chi connectivity index (χ0) is 32.3. The van der Waals surface area contributed by atoms with Gasteiger partial charge in [0.1, 0.15) is 11.2 Å². The van der Waals surface area contributed by atoms with Crippen molar-refractivity contribution in [3.63, 3.8) is 0 Å². The minimum atomic E-state index is 0.595. The topological polar surface area (TPSA) is 64.7 Å². The summed E-state index contributed by atoms with van der Waals surface area (Å²) in [6.07, 6.45) is 1.87. The minimum Gasteiger partial charge on any atom is -0.456 e. The van der Waals surface area contributed by atoms with Crippen LogP contribution in [0.3, 0.4) is 0 Å². The molecule has 0 aliphatic rings. The zero-order valence-electron chi connectivity index (χ0n) is 26.2. The van der Waals surface area contributed by atoms with E-state index in [1.54, 1.807) is 0 Å². The van der Waals surface area contributed by atoms with E-state index in [1.165, 1.54) is 10.8 Å². The predicted octanol–water partition coefficient (Wildman–Crippen LogP) is 11.3. The predicted molar refractivity (Wildman–Crippen MR) is 199 cm³/mol. The quantitative estimate of drug-likeness (QED) is 0.182. The lowest BCUT2D eigenvalue weighted by Crippen LogP contribution is -2.01. The highest BCUT2D eigenvalue weighted by Crippen LogP contribution is 2.39. The zero-order valence-corrected chi connectivity index (χ0v) is 26.2. The van der Waals surface area contributed by atoms with Crippen LogP contribution in [0.5, 0.6) is 0 Å². The molecule has 0 fully saturated rings. The molecule has 10 rings (SSSR count). The van der Waals surface area contributed by atoms with Gasteiger partial charge in [0, 0.05) is 44.4 Å². The molecule has 0 spiro atoms. The fourth-order valence-corrected chi connectivity index (χ4v) is 7.07. The molecule has 49 heavy (non-hydrogen) atoms. The summed E-state index contributed by atoms with van der Waals surface area (Å²) in [6, 6.07) is 52.1. The highest BCUT2D eigenvalue weighted by Gasteiger charge is 2.19. The Morgan fingerprint density at radius 3 is 1.96 bits per heavy atom. The Morgan fingerprint density at radius 2 is 1.06 bits per heavy atom. The number of fused-ring (bicyclic) bond motifs is 8. The van der Waals surface area contributed by atoms with Crippen molar-refractivity contribution in [3.8, 4) is 45.3 Å². The molecule has 0 amide bonds. The molecule has 7 aromatic carbocycles. The summed E-state index contributed by atoms with van der Waals surface area (Å²) in [5.41, 5.74) is 7.50.